The van der Waals surface area contributed by atoms with Gasteiger partial charge in [-0.1, -0.05) is 18.2 Å². The van der Waals surface area contributed by atoms with Gasteiger partial charge in [-0.2, -0.15) is 0 Å². The molecule has 3 aromatic rings. The molecule has 5 nitrogen and oxygen atoms in total. The van der Waals surface area contributed by atoms with Crippen molar-refractivity contribution in [2.45, 2.75) is 32.9 Å². The Balaban J connectivity index is 1.57. The Kier molecular flexibility index (Phi) is 4.71. The zero-order valence-electron chi connectivity index (χ0n) is 15.5. The topological polar surface area (TPSA) is 53.9 Å². The van der Waals surface area contributed by atoms with Crippen molar-refractivity contribution in [3.8, 4) is 0 Å². The van der Waals surface area contributed by atoms with Crippen LogP contribution in [0.2, 0.25) is 0 Å². The first-order chi connectivity index (χ1) is 13.1. The number of pyridine rings is 1. The van der Waals surface area contributed by atoms with Crippen molar-refractivity contribution in [3.63, 3.8) is 0 Å². The van der Waals surface area contributed by atoms with Crippen LogP contribution in [0, 0.1) is 12.7 Å². The molecule has 0 fully saturated rings. The minimum Gasteiger partial charge on any atom is -0.363 e. The van der Waals surface area contributed by atoms with Crippen molar-refractivity contribution < 1.29 is 4.39 Å². The molecule has 0 radical (unpaired) electrons. The quantitative estimate of drug-likeness (QED) is 0.758. The van der Waals surface area contributed by atoms with Crippen LogP contribution in [0.5, 0.6) is 0 Å². The van der Waals surface area contributed by atoms with Crippen LogP contribution in [0.25, 0.3) is 0 Å². The smallest absolute Gasteiger partial charge is 0.135 e. The van der Waals surface area contributed by atoms with Gasteiger partial charge in [0.2, 0.25) is 0 Å². The molecule has 1 aliphatic heterocycles. The third kappa shape index (κ3) is 3.74. The molecule has 0 saturated heterocycles. The zero-order chi connectivity index (χ0) is 18.8. The van der Waals surface area contributed by atoms with E-state index in [9.17, 15) is 4.39 Å². The molecule has 138 valence electrons. The predicted molar refractivity (Wildman–Crippen MR) is 104 cm³/mol. The number of nitrogens with zero attached hydrogens (tertiary/aromatic N) is 4. The maximum Gasteiger partial charge on any atom is 0.135 e. The second-order valence-corrected chi connectivity index (χ2v) is 6.93. The van der Waals surface area contributed by atoms with Gasteiger partial charge in [0.05, 0.1) is 5.69 Å². The van der Waals surface area contributed by atoms with Crippen molar-refractivity contribution >= 4 is 11.6 Å². The standard InChI is InChI=1S/C21H22FN5/c1-14-3-8-20(23-11-14)27-10-9-19-18(12-27)21(25-13-24-19)26-15(2)16-4-6-17(22)7-5-16/h3-8,11,13,15H,9-10,12H2,1-2H3,(H,24,25,26). The molecule has 6 heteroatoms. The van der Waals surface area contributed by atoms with Gasteiger partial charge in [-0.25, -0.2) is 19.3 Å². The number of fused-ring (bicyclic) bond motifs is 1. The number of aromatic nitrogens is 3. The van der Waals surface area contributed by atoms with Gasteiger partial charge in [0.15, 0.2) is 0 Å². The third-order valence-electron chi connectivity index (χ3n) is 4.95. The average Bonchev–Trinajstić information content (AvgIpc) is 2.69. The lowest BCUT2D eigenvalue weighted by atomic mass is 10.0. The van der Waals surface area contributed by atoms with E-state index in [4.69, 9.17) is 0 Å². The minimum atomic E-state index is -0.230. The van der Waals surface area contributed by atoms with Gasteiger partial charge in [-0.05, 0) is 43.2 Å². The number of rotatable bonds is 4. The summed E-state index contributed by atoms with van der Waals surface area (Å²) in [7, 11) is 0. The molecule has 1 N–H and O–H groups in total. The number of hydrogen-bond acceptors (Lipinski definition) is 5. The zero-order valence-corrected chi connectivity index (χ0v) is 15.5. The van der Waals surface area contributed by atoms with E-state index in [0.717, 1.165) is 47.0 Å². The molecule has 0 amide bonds. The molecule has 1 aliphatic rings. The Morgan fingerprint density at radius 2 is 1.89 bits per heavy atom. The second kappa shape index (κ2) is 7.31. The Morgan fingerprint density at radius 1 is 1.07 bits per heavy atom. The van der Waals surface area contributed by atoms with Crippen molar-refractivity contribution in [1.82, 2.24) is 15.0 Å². The van der Waals surface area contributed by atoms with Gasteiger partial charge in [0.1, 0.15) is 23.8 Å². The highest BCUT2D eigenvalue weighted by atomic mass is 19.1. The SMILES string of the molecule is Cc1ccc(N2CCc3ncnc(NC(C)c4ccc(F)cc4)c3C2)nc1. The van der Waals surface area contributed by atoms with Gasteiger partial charge >= 0.3 is 0 Å². The molecule has 1 atom stereocenters. The lowest BCUT2D eigenvalue weighted by Crippen LogP contribution is -2.32. The van der Waals surface area contributed by atoms with Crippen LogP contribution < -0.4 is 10.2 Å². The second-order valence-electron chi connectivity index (χ2n) is 6.93. The van der Waals surface area contributed by atoms with E-state index in [-0.39, 0.29) is 11.9 Å². The summed E-state index contributed by atoms with van der Waals surface area (Å²) in [6, 6.07) is 10.7. The van der Waals surface area contributed by atoms with Crippen molar-refractivity contribution in [1.29, 1.82) is 0 Å². The van der Waals surface area contributed by atoms with Crippen LogP contribution >= 0.6 is 0 Å². The number of halogens is 1. The van der Waals surface area contributed by atoms with E-state index >= 15 is 0 Å². The summed E-state index contributed by atoms with van der Waals surface area (Å²) in [6.07, 6.45) is 4.35. The first-order valence-electron chi connectivity index (χ1n) is 9.12. The number of nitrogens with one attached hydrogen (secondary N) is 1. The maximum atomic E-state index is 13.2. The first-order valence-corrected chi connectivity index (χ1v) is 9.12. The molecular formula is C21H22FN5. The lowest BCUT2D eigenvalue weighted by Gasteiger charge is -2.30. The molecule has 0 bridgehead atoms. The number of aryl methyl sites for hydroxylation is 1. The Bertz CT molecular complexity index is 924. The highest BCUT2D eigenvalue weighted by molar-refractivity contribution is 5.53. The summed E-state index contributed by atoms with van der Waals surface area (Å²) in [5, 5.41) is 3.47. The van der Waals surface area contributed by atoms with Crippen molar-refractivity contribution in [2.24, 2.45) is 0 Å². The van der Waals surface area contributed by atoms with Crippen molar-refractivity contribution in [2.75, 3.05) is 16.8 Å². The predicted octanol–water partition coefficient (Wildman–Crippen LogP) is 4.05. The molecule has 1 aromatic carbocycles. The van der Waals surface area contributed by atoms with Crippen molar-refractivity contribution in [3.05, 3.63) is 77.1 Å². The van der Waals surface area contributed by atoms with Crippen LogP contribution in [0.4, 0.5) is 16.0 Å². The fourth-order valence-electron chi connectivity index (χ4n) is 3.35. The minimum absolute atomic E-state index is 0.0116. The molecule has 0 spiro atoms. The highest BCUT2D eigenvalue weighted by Crippen LogP contribution is 2.28. The summed E-state index contributed by atoms with van der Waals surface area (Å²) in [6.45, 7) is 5.68. The maximum absolute atomic E-state index is 13.2. The Labute approximate surface area is 158 Å². The van der Waals surface area contributed by atoms with Gasteiger partial charge < -0.3 is 10.2 Å². The third-order valence-corrected chi connectivity index (χ3v) is 4.95. The van der Waals surface area contributed by atoms with Gasteiger partial charge in [0.25, 0.3) is 0 Å². The van der Waals surface area contributed by atoms with Crippen LogP contribution in [-0.2, 0) is 13.0 Å². The molecule has 0 aliphatic carbocycles. The van der Waals surface area contributed by atoms with E-state index < -0.39 is 0 Å². The highest BCUT2D eigenvalue weighted by Gasteiger charge is 2.22. The molecule has 0 saturated carbocycles. The number of anilines is 2. The first kappa shape index (κ1) is 17.4. The molecular weight excluding hydrogens is 341 g/mol. The summed E-state index contributed by atoms with van der Waals surface area (Å²) in [5.74, 6) is 1.56. The van der Waals surface area contributed by atoms with E-state index in [0.29, 0.717) is 6.54 Å². The number of benzene rings is 1. The van der Waals surface area contributed by atoms with Crippen LogP contribution in [0.1, 0.15) is 35.3 Å². The van der Waals surface area contributed by atoms with Crippen LogP contribution in [-0.4, -0.2) is 21.5 Å². The summed E-state index contributed by atoms with van der Waals surface area (Å²) in [5.41, 5.74) is 4.33. The Hall–Kier alpha value is -3.02. The van der Waals surface area contributed by atoms with E-state index in [1.807, 2.05) is 20.0 Å². The monoisotopic (exact) mass is 363 g/mol. The van der Waals surface area contributed by atoms with Crippen LogP contribution in [0.3, 0.4) is 0 Å². The van der Waals surface area contributed by atoms with E-state index in [2.05, 4.69) is 37.3 Å². The van der Waals surface area contributed by atoms with Gasteiger partial charge in [0, 0.05) is 37.3 Å². The van der Waals surface area contributed by atoms with Gasteiger partial charge in [-0.15, -0.1) is 0 Å². The normalized spacial score (nSPS) is 14.6. The van der Waals surface area contributed by atoms with Crippen LogP contribution in [0.15, 0.2) is 48.9 Å². The van der Waals surface area contributed by atoms with E-state index in [1.165, 1.54) is 12.1 Å². The lowest BCUT2D eigenvalue weighted by molar-refractivity contribution is 0.626. The fourth-order valence-corrected chi connectivity index (χ4v) is 3.35. The van der Waals surface area contributed by atoms with E-state index in [1.54, 1.807) is 18.5 Å². The Morgan fingerprint density at radius 3 is 2.63 bits per heavy atom. The summed E-state index contributed by atoms with van der Waals surface area (Å²) >= 11 is 0. The molecule has 27 heavy (non-hydrogen) atoms. The fraction of sp³-hybridized carbons (Fsp3) is 0.286. The molecule has 1 unspecified atom stereocenters. The number of hydrogen-bond donors (Lipinski definition) is 1. The molecule has 3 heterocycles. The van der Waals surface area contributed by atoms with Gasteiger partial charge in [-0.3, -0.25) is 0 Å². The average molecular weight is 363 g/mol. The molecule has 2 aromatic heterocycles. The summed E-state index contributed by atoms with van der Waals surface area (Å²) < 4.78 is 13.2. The summed E-state index contributed by atoms with van der Waals surface area (Å²) in [4.78, 5) is 15.7. The molecule has 4 rings (SSSR count). The largest absolute Gasteiger partial charge is 0.363 e.